The van der Waals surface area contributed by atoms with Crippen molar-refractivity contribution in [2.24, 2.45) is 5.73 Å². The summed E-state index contributed by atoms with van der Waals surface area (Å²) in [7, 11) is 0. The van der Waals surface area contributed by atoms with Crippen LogP contribution in [-0.2, 0) is 4.79 Å². The van der Waals surface area contributed by atoms with Crippen LogP contribution in [0.2, 0.25) is 0 Å². The van der Waals surface area contributed by atoms with E-state index in [4.69, 9.17) is 5.73 Å². The van der Waals surface area contributed by atoms with Gasteiger partial charge in [-0.1, -0.05) is 0 Å². The second-order valence-electron chi connectivity index (χ2n) is 1.11. The Morgan fingerprint density at radius 1 is 1.86 bits per heavy atom. The second kappa shape index (κ2) is 5.21. The number of carbonyl (C=O) groups excluding carboxylic acids is 1. The SMILES string of the molecule is C[C@@H](N)C(=O)[O-].[K+]. The zero-order valence-corrected chi connectivity index (χ0v) is 7.59. The molecule has 0 aromatic rings. The number of carboxylic acids is 1. The maximum atomic E-state index is 9.46. The van der Waals surface area contributed by atoms with Gasteiger partial charge in [-0.15, -0.1) is 0 Å². The van der Waals surface area contributed by atoms with Crippen molar-refractivity contribution < 1.29 is 61.3 Å². The molecule has 7 heavy (non-hydrogen) atoms. The normalized spacial score (nSPS) is 11.7. The molecule has 0 aromatic carbocycles. The van der Waals surface area contributed by atoms with Crippen molar-refractivity contribution in [3.05, 3.63) is 0 Å². The van der Waals surface area contributed by atoms with E-state index in [2.05, 4.69) is 0 Å². The Labute approximate surface area is 84.7 Å². The molecule has 0 amide bonds. The van der Waals surface area contributed by atoms with E-state index in [-0.39, 0.29) is 51.4 Å². The Bertz CT molecular complexity index is 64.0. The van der Waals surface area contributed by atoms with Crippen molar-refractivity contribution in [3.8, 4) is 0 Å². The van der Waals surface area contributed by atoms with Crippen molar-refractivity contribution in [3.63, 3.8) is 0 Å². The largest absolute Gasteiger partial charge is 1.00 e. The topological polar surface area (TPSA) is 66.2 Å². The minimum atomic E-state index is -1.21. The van der Waals surface area contributed by atoms with Crippen LogP contribution in [-0.4, -0.2) is 12.0 Å². The van der Waals surface area contributed by atoms with Crippen LogP contribution in [0.1, 0.15) is 6.92 Å². The van der Waals surface area contributed by atoms with Crippen LogP contribution in [0.25, 0.3) is 0 Å². The Morgan fingerprint density at radius 2 is 2.00 bits per heavy atom. The molecule has 0 spiro atoms. The van der Waals surface area contributed by atoms with E-state index in [1.54, 1.807) is 0 Å². The molecule has 0 unspecified atom stereocenters. The molecule has 0 fully saturated rings. The predicted octanol–water partition coefficient (Wildman–Crippen LogP) is -4.91. The molecule has 0 aliphatic rings. The number of nitrogens with two attached hydrogens (primary N) is 1. The Kier molecular flexibility index (Phi) is 8.14. The Morgan fingerprint density at radius 3 is 2.00 bits per heavy atom. The molecule has 2 N–H and O–H groups in total. The van der Waals surface area contributed by atoms with E-state index in [0.717, 1.165) is 0 Å². The van der Waals surface area contributed by atoms with Gasteiger partial charge < -0.3 is 15.6 Å². The molecule has 0 saturated heterocycles. The zero-order chi connectivity index (χ0) is 5.15. The fourth-order valence-corrected chi connectivity index (χ4v) is 0. The van der Waals surface area contributed by atoms with Crippen molar-refractivity contribution in [1.82, 2.24) is 0 Å². The van der Waals surface area contributed by atoms with Crippen molar-refractivity contribution in [1.29, 1.82) is 0 Å². The maximum Gasteiger partial charge on any atom is 1.00 e. The van der Waals surface area contributed by atoms with E-state index >= 15 is 0 Å². The van der Waals surface area contributed by atoms with Crippen LogP contribution in [0.15, 0.2) is 0 Å². The summed E-state index contributed by atoms with van der Waals surface area (Å²) in [6.07, 6.45) is 0. The third-order valence-corrected chi connectivity index (χ3v) is 0.372. The van der Waals surface area contributed by atoms with Crippen molar-refractivity contribution in [2.75, 3.05) is 0 Å². The minimum Gasteiger partial charge on any atom is -0.548 e. The number of carboxylic acid groups (broad SMARTS) is 1. The van der Waals surface area contributed by atoms with E-state index in [1.807, 2.05) is 0 Å². The number of hydrogen-bond acceptors (Lipinski definition) is 3. The monoisotopic (exact) mass is 127 g/mol. The van der Waals surface area contributed by atoms with Gasteiger partial charge >= 0.3 is 51.4 Å². The molecule has 4 heteroatoms. The van der Waals surface area contributed by atoms with E-state index < -0.39 is 12.0 Å². The summed E-state index contributed by atoms with van der Waals surface area (Å²) in [5.74, 6) is -1.21. The van der Waals surface area contributed by atoms with Gasteiger partial charge in [-0.25, -0.2) is 0 Å². The van der Waals surface area contributed by atoms with Crippen LogP contribution >= 0.6 is 0 Å². The fourth-order valence-electron chi connectivity index (χ4n) is 0. The molecular formula is C3H6KNO2. The van der Waals surface area contributed by atoms with Crippen LogP contribution in [0.4, 0.5) is 0 Å². The van der Waals surface area contributed by atoms with Gasteiger partial charge in [0.15, 0.2) is 0 Å². The van der Waals surface area contributed by atoms with Crippen molar-refractivity contribution >= 4 is 5.97 Å². The molecule has 0 aromatic heterocycles. The first-order valence-electron chi connectivity index (χ1n) is 1.61. The molecule has 0 rings (SSSR count). The van der Waals surface area contributed by atoms with Crippen LogP contribution in [0.3, 0.4) is 0 Å². The van der Waals surface area contributed by atoms with E-state index in [9.17, 15) is 9.90 Å². The predicted molar refractivity (Wildman–Crippen MR) is 18.7 cm³/mol. The zero-order valence-electron chi connectivity index (χ0n) is 4.47. The number of carbonyl (C=O) groups is 1. The maximum absolute atomic E-state index is 9.46. The average Bonchev–Trinajstić information content (AvgIpc) is 1.36. The van der Waals surface area contributed by atoms with Gasteiger partial charge in [-0.2, -0.15) is 0 Å². The molecule has 36 valence electrons. The molecule has 1 atom stereocenters. The molecule has 0 aliphatic heterocycles. The first kappa shape index (κ1) is 10.9. The first-order valence-corrected chi connectivity index (χ1v) is 1.61. The first-order chi connectivity index (χ1) is 2.64. The van der Waals surface area contributed by atoms with Crippen LogP contribution < -0.4 is 62.2 Å². The standard InChI is InChI=1S/C3H7NO2.K/c1-2(4)3(5)6;/h2H,4H2,1H3,(H,5,6);/q;+1/p-1/t2-;/m1./s1. The van der Waals surface area contributed by atoms with Crippen molar-refractivity contribution in [2.45, 2.75) is 13.0 Å². The summed E-state index contributed by atoms with van der Waals surface area (Å²) in [4.78, 5) is 9.46. The Balaban J connectivity index is 0. The Hall–Kier alpha value is 1.07. The molecule has 0 bridgehead atoms. The third-order valence-electron chi connectivity index (χ3n) is 0.372. The molecule has 3 nitrogen and oxygen atoms in total. The van der Waals surface area contributed by atoms with Crippen LogP contribution in [0.5, 0.6) is 0 Å². The van der Waals surface area contributed by atoms with E-state index in [1.165, 1.54) is 6.92 Å². The molecule has 0 saturated carbocycles. The minimum absolute atomic E-state index is 0. The molecular weight excluding hydrogens is 121 g/mol. The summed E-state index contributed by atoms with van der Waals surface area (Å²) in [5, 5.41) is 9.46. The van der Waals surface area contributed by atoms with Gasteiger partial charge in [0, 0.05) is 6.04 Å². The fraction of sp³-hybridized carbons (Fsp3) is 0.667. The molecule has 0 aliphatic carbocycles. The summed E-state index contributed by atoms with van der Waals surface area (Å²) in [5.41, 5.74) is 4.77. The summed E-state index contributed by atoms with van der Waals surface area (Å²) >= 11 is 0. The van der Waals surface area contributed by atoms with Gasteiger partial charge in [0.25, 0.3) is 0 Å². The van der Waals surface area contributed by atoms with Gasteiger partial charge in [0.05, 0.1) is 5.97 Å². The van der Waals surface area contributed by atoms with Crippen LogP contribution in [0, 0.1) is 0 Å². The number of hydrogen-bond donors (Lipinski definition) is 1. The number of rotatable bonds is 1. The third kappa shape index (κ3) is 7.07. The van der Waals surface area contributed by atoms with Gasteiger partial charge in [-0.3, -0.25) is 0 Å². The van der Waals surface area contributed by atoms with Gasteiger partial charge in [0.2, 0.25) is 0 Å². The summed E-state index contributed by atoms with van der Waals surface area (Å²) in [6.45, 7) is 1.36. The summed E-state index contributed by atoms with van der Waals surface area (Å²) in [6, 6.07) is -0.843. The van der Waals surface area contributed by atoms with Gasteiger partial charge in [0.1, 0.15) is 0 Å². The average molecular weight is 127 g/mol. The number of aliphatic carboxylic acids is 1. The van der Waals surface area contributed by atoms with E-state index in [0.29, 0.717) is 0 Å². The molecule has 0 heterocycles. The quantitative estimate of drug-likeness (QED) is 0.359. The van der Waals surface area contributed by atoms with Gasteiger partial charge in [-0.05, 0) is 6.92 Å². The molecule has 0 radical (unpaired) electrons. The summed E-state index contributed by atoms with van der Waals surface area (Å²) < 4.78 is 0. The smallest absolute Gasteiger partial charge is 0.548 e. The second-order valence-corrected chi connectivity index (χ2v) is 1.11.